The van der Waals surface area contributed by atoms with E-state index in [2.05, 4.69) is 22.9 Å². The molecular formula is C18H20N2O4S. The zero-order valence-corrected chi connectivity index (χ0v) is 14.9. The van der Waals surface area contributed by atoms with Gasteiger partial charge in [-0.15, -0.1) is 0 Å². The van der Waals surface area contributed by atoms with Crippen molar-refractivity contribution in [3.05, 3.63) is 65.7 Å². The van der Waals surface area contributed by atoms with Crippen molar-refractivity contribution in [3.8, 4) is 0 Å². The molecule has 0 aromatic heterocycles. The molecule has 0 saturated heterocycles. The first-order valence-electron chi connectivity index (χ1n) is 7.66. The monoisotopic (exact) mass is 360 g/mol. The molecule has 0 unspecified atom stereocenters. The minimum atomic E-state index is -3.92. The predicted molar refractivity (Wildman–Crippen MR) is 96.4 cm³/mol. The third kappa shape index (κ3) is 6.13. The Kier molecular flexibility index (Phi) is 6.06. The number of carbonyl (C=O) groups excluding carboxylic acids is 1. The van der Waals surface area contributed by atoms with E-state index in [9.17, 15) is 4.79 Å². The molecule has 132 valence electrons. The van der Waals surface area contributed by atoms with E-state index in [1.165, 1.54) is 0 Å². The first-order valence-corrected chi connectivity index (χ1v) is 9.48. The molecular weight excluding hydrogens is 340 g/mol. The molecule has 6 nitrogen and oxygen atoms in total. The van der Waals surface area contributed by atoms with Crippen LogP contribution >= 0.6 is 0 Å². The van der Waals surface area contributed by atoms with Crippen LogP contribution in [0.25, 0.3) is 0 Å². The van der Waals surface area contributed by atoms with Crippen LogP contribution in [-0.2, 0) is 10.1 Å². The van der Waals surface area contributed by atoms with Crippen molar-refractivity contribution in [1.29, 1.82) is 0 Å². The SMILES string of the molecule is CS(=O)(=O)[O-].C[N+]1=CN(c2ccc(C(=O)c3ccccc3)cc2)CC1. The Bertz CT molecular complexity index is 852. The van der Waals surface area contributed by atoms with Gasteiger partial charge in [-0.3, -0.25) is 9.37 Å². The zero-order valence-electron chi connectivity index (χ0n) is 14.1. The van der Waals surface area contributed by atoms with Crippen molar-refractivity contribution in [1.82, 2.24) is 0 Å². The average Bonchev–Trinajstić information content (AvgIpc) is 3.00. The van der Waals surface area contributed by atoms with Crippen molar-refractivity contribution < 1.29 is 22.3 Å². The molecule has 0 atom stereocenters. The maximum atomic E-state index is 12.3. The molecule has 25 heavy (non-hydrogen) atoms. The van der Waals surface area contributed by atoms with Gasteiger partial charge in [0.2, 0.25) is 6.34 Å². The van der Waals surface area contributed by atoms with Crippen LogP contribution in [0, 0.1) is 0 Å². The number of hydrogen-bond acceptors (Lipinski definition) is 5. The summed E-state index contributed by atoms with van der Waals surface area (Å²) in [6.07, 6.45) is 2.70. The van der Waals surface area contributed by atoms with Crippen molar-refractivity contribution in [3.63, 3.8) is 0 Å². The van der Waals surface area contributed by atoms with E-state index >= 15 is 0 Å². The largest absolute Gasteiger partial charge is 0.748 e. The Morgan fingerprint density at radius 1 is 1.04 bits per heavy atom. The predicted octanol–water partition coefficient (Wildman–Crippen LogP) is 1.57. The molecule has 1 heterocycles. The van der Waals surface area contributed by atoms with Crippen molar-refractivity contribution in [2.75, 3.05) is 31.3 Å². The van der Waals surface area contributed by atoms with Gasteiger partial charge in [0.25, 0.3) is 0 Å². The summed E-state index contributed by atoms with van der Waals surface area (Å²) in [5, 5.41) is 0. The number of benzene rings is 2. The second-order valence-corrected chi connectivity index (χ2v) is 7.14. The fourth-order valence-corrected chi connectivity index (χ4v) is 2.38. The van der Waals surface area contributed by atoms with Crippen LogP contribution in [0.3, 0.4) is 0 Å². The topological polar surface area (TPSA) is 80.5 Å². The lowest BCUT2D eigenvalue weighted by atomic mass is 10.0. The van der Waals surface area contributed by atoms with E-state index < -0.39 is 10.1 Å². The molecule has 0 aliphatic carbocycles. The van der Waals surface area contributed by atoms with Gasteiger partial charge in [0.15, 0.2) is 5.78 Å². The Morgan fingerprint density at radius 2 is 1.56 bits per heavy atom. The van der Waals surface area contributed by atoms with Gasteiger partial charge in [-0.05, 0) is 24.3 Å². The van der Waals surface area contributed by atoms with Crippen LogP contribution in [0.2, 0.25) is 0 Å². The molecule has 3 rings (SSSR count). The Morgan fingerprint density at radius 3 is 2.04 bits per heavy atom. The van der Waals surface area contributed by atoms with E-state index in [0.29, 0.717) is 6.26 Å². The van der Waals surface area contributed by atoms with Crippen LogP contribution in [0.1, 0.15) is 15.9 Å². The Hall–Kier alpha value is -2.51. The van der Waals surface area contributed by atoms with Crippen LogP contribution in [0.5, 0.6) is 0 Å². The summed E-state index contributed by atoms with van der Waals surface area (Å²) >= 11 is 0. The normalized spacial score (nSPS) is 13.7. The van der Waals surface area contributed by atoms with Gasteiger partial charge in [-0.25, -0.2) is 13.3 Å². The molecule has 0 spiro atoms. The zero-order chi connectivity index (χ0) is 18.4. The fraction of sp³-hybridized carbons (Fsp3) is 0.222. The van der Waals surface area contributed by atoms with Gasteiger partial charge in [-0.1, -0.05) is 30.3 Å². The van der Waals surface area contributed by atoms with Crippen LogP contribution in [0.15, 0.2) is 54.6 Å². The van der Waals surface area contributed by atoms with E-state index in [-0.39, 0.29) is 5.78 Å². The number of carbonyl (C=O) groups is 1. The van der Waals surface area contributed by atoms with Gasteiger partial charge >= 0.3 is 0 Å². The summed E-state index contributed by atoms with van der Waals surface area (Å²) < 4.78 is 29.4. The molecule has 1 aliphatic heterocycles. The highest BCUT2D eigenvalue weighted by molar-refractivity contribution is 7.84. The summed E-state index contributed by atoms with van der Waals surface area (Å²) in [6, 6.07) is 17.2. The van der Waals surface area contributed by atoms with Crippen LogP contribution in [0.4, 0.5) is 5.69 Å². The second kappa shape index (κ2) is 8.04. The first-order chi connectivity index (χ1) is 11.7. The lowest BCUT2D eigenvalue weighted by Gasteiger charge is -2.07. The highest BCUT2D eigenvalue weighted by Gasteiger charge is 2.19. The minimum absolute atomic E-state index is 0.0691. The summed E-state index contributed by atoms with van der Waals surface area (Å²) in [6.45, 7) is 2.02. The first kappa shape index (κ1) is 18.8. The summed E-state index contributed by atoms with van der Waals surface area (Å²) in [7, 11) is -1.85. The number of anilines is 1. The van der Waals surface area contributed by atoms with Gasteiger partial charge in [0.1, 0.15) is 18.8 Å². The molecule has 0 saturated carbocycles. The number of hydrogen-bond donors (Lipinski definition) is 0. The number of likely N-dealkylation sites (N-methyl/N-ethyl adjacent to an activating group) is 1. The van der Waals surface area contributed by atoms with Gasteiger partial charge < -0.3 is 4.55 Å². The number of ketones is 1. The van der Waals surface area contributed by atoms with Crippen molar-refractivity contribution in [2.24, 2.45) is 0 Å². The lowest BCUT2D eigenvalue weighted by Crippen LogP contribution is -2.18. The third-order valence-electron chi connectivity index (χ3n) is 3.53. The molecule has 0 amide bonds. The standard InChI is InChI=1S/C17H17N2O.CH4O3S/c1-18-11-12-19(13-18)16-9-7-15(8-10-16)17(20)14-5-3-2-4-6-14;1-5(2,3)4/h2-10,13H,11-12H2,1H3;1H3,(H,2,3,4)/q+1;/p-1. The minimum Gasteiger partial charge on any atom is -0.748 e. The molecule has 1 aliphatic rings. The fourth-order valence-electron chi connectivity index (χ4n) is 2.38. The summed E-state index contributed by atoms with van der Waals surface area (Å²) in [4.78, 5) is 14.5. The van der Waals surface area contributed by atoms with Gasteiger partial charge in [0.05, 0.1) is 17.2 Å². The number of nitrogens with zero attached hydrogens (tertiary/aromatic N) is 2. The van der Waals surface area contributed by atoms with Crippen molar-refractivity contribution in [2.45, 2.75) is 0 Å². The third-order valence-corrected chi connectivity index (χ3v) is 3.53. The highest BCUT2D eigenvalue weighted by Crippen LogP contribution is 2.17. The Balaban J connectivity index is 0.000000399. The smallest absolute Gasteiger partial charge is 0.239 e. The van der Waals surface area contributed by atoms with Gasteiger partial charge in [-0.2, -0.15) is 0 Å². The maximum absolute atomic E-state index is 12.3. The van der Waals surface area contributed by atoms with Crippen LogP contribution < -0.4 is 4.90 Å². The van der Waals surface area contributed by atoms with Gasteiger partial charge in [0, 0.05) is 17.4 Å². The van der Waals surface area contributed by atoms with Crippen LogP contribution in [-0.4, -0.2) is 56.1 Å². The summed E-state index contributed by atoms with van der Waals surface area (Å²) in [5.74, 6) is 0.0691. The van der Waals surface area contributed by atoms with Crippen molar-refractivity contribution >= 4 is 27.9 Å². The van der Waals surface area contributed by atoms with E-state index in [4.69, 9.17) is 13.0 Å². The molecule has 0 bridgehead atoms. The average molecular weight is 360 g/mol. The molecule has 2 aromatic carbocycles. The maximum Gasteiger partial charge on any atom is 0.239 e. The summed E-state index contributed by atoms with van der Waals surface area (Å²) in [5.41, 5.74) is 2.58. The quantitative estimate of drug-likeness (QED) is 0.471. The number of rotatable bonds is 3. The molecule has 0 fully saturated rings. The molecule has 0 N–H and O–H groups in total. The lowest BCUT2D eigenvalue weighted by molar-refractivity contribution is -0.481. The van der Waals surface area contributed by atoms with E-state index in [1.807, 2.05) is 54.6 Å². The van der Waals surface area contributed by atoms with E-state index in [0.717, 1.165) is 29.9 Å². The Labute approximate surface area is 147 Å². The molecule has 0 radical (unpaired) electrons. The highest BCUT2D eigenvalue weighted by atomic mass is 32.2. The molecule has 7 heteroatoms. The second-order valence-electron chi connectivity index (χ2n) is 5.74. The van der Waals surface area contributed by atoms with E-state index in [1.54, 1.807) is 0 Å². The molecule has 2 aromatic rings.